The summed E-state index contributed by atoms with van der Waals surface area (Å²) in [5.41, 5.74) is 4.29. The van der Waals surface area contributed by atoms with Crippen molar-refractivity contribution in [1.82, 2.24) is 0 Å². The third kappa shape index (κ3) is 3.44. The molecule has 0 heterocycles. The van der Waals surface area contributed by atoms with Crippen LogP contribution in [0.3, 0.4) is 0 Å². The number of rotatable bonds is 3. The van der Waals surface area contributed by atoms with Gasteiger partial charge in [0.25, 0.3) is 0 Å². The van der Waals surface area contributed by atoms with Gasteiger partial charge in [-0.15, -0.1) is 12.4 Å². The Balaban J connectivity index is 0.00000324. The molecule has 19 heavy (non-hydrogen) atoms. The lowest BCUT2D eigenvalue weighted by atomic mass is 10.00. The Morgan fingerprint density at radius 3 is 2.11 bits per heavy atom. The standard InChI is InChI=1S/C10H9F6NO.ClH/c1-18-7-4-5(11)2-3-6(7)8(17)9(12,13)10(14,15)16;/h2-4,8H,17H2,1H3;1H/t8-;/m1./s1. The Kier molecular flexibility index (Phi) is 5.52. The second-order valence-corrected chi connectivity index (χ2v) is 3.48. The Labute approximate surface area is 110 Å². The molecule has 1 atom stereocenters. The summed E-state index contributed by atoms with van der Waals surface area (Å²) >= 11 is 0. The van der Waals surface area contributed by atoms with Gasteiger partial charge in [-0.1, -0.05) is 6.07 Å². The summed E-state index contributed by atoms with van der Waals surface area (Å²) in [5, 5.41) is 0. The maximum atomic E-state index is 13.0. The topological polar surface area (TPSA) is 35.2 Å². The van der Waals surface area contributed by atoms with Crippen LogP contribution in [0.4, 0.5) is 26.3 Å². The number of halogens is 7. The van der Waals surface area contributed by atoms with Crippen molar-refractivity contribution < 1.29 is 31.1 Å². The van der Waals surface area contributed by atoms with E-state index in [0.717, 1.165) is 19.2 Å². The largest absolute Gasteiger partial charge is 0.496 e. The maximum Gasteiger partial charge on any atom is 0.455 e. The predicted octanol–water partition coefficient (Wildman–Crippen LogP) is 3.45. The molecule has 2 N–H and O–H groups in total. The summed E-state index contributed by atoms with van der Waals surface area (Å²) in [6, 6.07) is -0.530. The minimum atomic E-state index is -5.80. The summed E-state index contributed by atoms with van der Waals surface area (Å²) in [4.78, 5) is 0. The summed E-state index contributed by atoms with van der Waals surface area (Å²) in [6.07, 6.45) is -5.80. The average molecular weight is 310 g/mol. The lowest BCUT2D eigenvalue weighted by Gasteiger charge is -2.26. The van der Waals surface area contributed by atoms with Crippen LogP contribution >= 0.6 is 12.4 Å². The zero-order valence-corrected chi connectivity index (χ0v) is 10.3. The van der Waals surface area contributed by atoms with Gasteiger partial charge in [-0.3, -0.25) is 0 Å². The molecule has 9 heteroatoms. The molecule has 0 aliphatic rings. The molecule has 0 unspecified atom stereocenters. The van der Waals surface area contributed by atoms with Crippen molar-refractivity contribution in [2.24, 2.45) is 5.73 Å². The van der Waals surface area contributed by atoms with E-state index in [4.69, 9.17) is 5.73 Å². The minimum Gasteiger partial charge on any atom is -0.496 e. The number of benzene rings is 1. The van der Waals surface area contributed by atoms with Gasteiger partial charge >= 0.3 is 12.1 Å². The van der Waals surface area contributed by atoms with Crippen LogP contribution in [0.1, 0.15) is 11.6 Å². The van der Waals surface area contributed by atoms with E-state index < -0.39 is 35.3 Å². The van der Waals surface area contributed by atoms with E-state index in [1.165, 1.54) is 0 Å². The van der Waals surface area contributed by atoms with E-state index in [9.17, 15) is 26.3 Å². The third-order valence-corrected chi connectivity index (χ3v) is 2.30. The number of hydrogen-bond acceptors (Lipinski definition) is 2. The van der Waals surface area contributed by atoms with Crippen LogP contribution < -0.4 is 10.5 Å². The van der Waals surface area contributed by atoms with Crippen molar-refractivity contribution in [3.63, 3.8) is 0 Å². The number of alkyl halides is 5. The molecular formula is C10H10ClF6NO. The molecular weight excluding hydrogens is 300 g/mol. The van der Waals surface area contributed by atoms with Gasteiger partial charge < -0.3 is 10.5 Å². The summed E-state index contributed by atoms with van der Waals surface area (Å²) in [6.45, 7) is 0. The van der Waals surface area contributed by atoms with Crippen LogP contribution in [0, 0.1) is 5.82 Å². The predicted molar refractivity (Wildman–Crippen MR) is 58.1 cm³/mol. The van der Waals surface area contributed by atoms with Crippen LogP contribution in [0.2, 0.25) is 0 Å². The molecule has 2 nitrogen and oxygen atoms in total. The molecule has 0 bridgehead atoms. The molecule has 0 amide bonds. The molecule has 0 spiro atoms. The van der Waals surface area contributed by atoms with Crippen LogP contribution in [-0.4, -0.2) is 19.2 Å². The molecule has 0 saturated carbocycles. The fourth-order valence-corrected chi connectivity index (χ4v) is 1.31. The van der Waals surface area contributed by atoms with Gasteiger partial charge in [-0.2, -0.15) is 22.0 Å². The van der Waals surface area contributed by atoms with Gasteiger partial charge in [0.2, 0.25) is 0 Å². The molecule has 0 aliphatic heterocycles. The van der Waals surface area contributed by atoms with Crippen molar-refractivity contribution >= 4 is 12.4 Å². The molecule has 0 fully saturated rings. The van der Waals surface area contributed by atoms with Gasteiger partial charge in [0.15, 0.2) is 0 Å². The Hall–Kier alpha value is -1.15. The monoisotopic (exact) mass is 309 g/mol. The second-order valence-electron chi connectivity index (χ2n) is 3.48. The molecule has 1 aromatic carbocycles. The van der Waals surface area contributed by atoms with E-state index in [1.54, 1.807) is 0 Å². The highest BCUT2D eigenvalue weighted by Crippen LogP contribution is 2.45. The smallest absolute Gasteiger partial charge is 0.455 e. The number of methoxy groups -OCH3 is 1. The van der Waals surface area contributed by atoms with Gasteiger partial charge in [0.1, 0.15) is 17.6 Å². The highest BCUT2D eigenvalue weighted by atomic mass is 35.5. The van der Waals surface area contributed by atoms with E-state index in [0.29, 0.717) is 6.07 Å². The average Bonchev–Trinajstić information content (AvgIpc) is 2.26. The quantitative estimate of drug-likeness (QED) is 0.868. The normalized spacial score (nSPS) is 13.7. The zero-order chi connectivity index (χ0) is 14.1. The van der Waals surface area contributed by atoms with E-state index >= 15 is 0 Å². The first kappa shape index (κ1) is 17.9. The van der Waals surface area contributed by atoms with E-state index in [2.05, 4.69) is 4.74 Å². The van der Waals surface area contributed by atoms with Gasteiger partial charge in [0.05, 0.1) is 7.11 Å². The van der Waals surface area contributed by atoms with Crippen LogP contribution in [-0.2, 0) is 0 Å². The van der Waals surface area contributed by atoms with Gasteiger partial charge in [0, 0.05) is 11.6 Å². The fourth-order valence-electron chi connectivity index (χ4n) is 1.31. The summed E-state index contributed by atoms with van der Waals surface area (Å²) in [7, 11) is 1.01. The third-order valence-electron chi connectivity index (χ3n) is 2.30. The van der Waals surface area contributed by atoms with Crippen molar-refractivity contribution in [2.75, 3.05) is 7.11 Å². The van der Waals surface area contributed by atoms with Crippen molar-refractivity contribution in [3.05, 3.63) is 29.6 Å². The summed E-state index contributed by atoms with van der Waals surface area (Å²) < 4.78 is 79.8. The minimum absolute atomic E-state index is 0. The zero-order valence-electron chi connectivity index (χ0n) is 9.47. The molecule has 110 valence electrons. The van der Waals surface area contributed by atoms with Crippen LogP contribution in [0.25, 0.3) is 0 Å². The van der Waals surface area contributed by atoms with E-state index in [1.807, 2.05) is 0 Å². The second kappa shape index (κ2) is 5.87. The molecule has 0 aliphatic carbocycles. The van der Waals surface area contributed by atoms with Crippen LogP contribution in [0.5, 0.6) is 5.75 Å². The molecule has 0 saturated heterocycles. The first-order valence-corrected chi connectivity index (χ1v) is 4.64. The Bertz CT molecular complexity index is 437. The molecule has 0 radical (unpaired) electrons. The van der Waals surface area contributed by atoms with Crippen molar-refractivity contribution in [2.45, 2.75) is 18.1 Å². The Morgan fingerprint density at radius 2 is 1.68 bits per heavy atom. The first-order valence-electron chi connectivity index (χ1n) is 4.64. The Morgan fingerprint density at radius 1 is 1.16 bits per heavy atom. The van der Waals surface area contributed by atoms with Crippen molar-refractivity contribution in [1.29, 1.82) is 0 Å². The van der Waals surface area contributed by atoms with E-state index in [-0.39, 0.29) is 12.4 Å². The summed E-state index contributed by atoms with van der Waals surface area (Å²) in [5.74, 6) is -6.44. The molecule has 1 aromatic rings. The maximum absolute atomic E-state index is 13.0. The first-order chi connectivity index (χ1) is 8.11. The van der Waals surface area contributed by atoms with Gasteiger partial charge in [-0.25, -0.2) is 4.39 Å². The number of nitrogens with two attached hydrogens (primary N) is 1. The number of ether oxygens (including phenoxy) is 1. The SMILES string of the molecule is COc1cc(F)ccc1[C@@H](N)C(F)(F)C(F)(F)F.Cl. The fraction of sp³-hybridized carbons (Fsp3) is 0.400. The lowest BCUT2D eigenvalue weighted by molar-refractivity contribution is -0.291. The molecule has 0 aromatic heterocycles. The van der Waals surface area contributed by atoms with Crippen molar-refractivity contribution in [3.8, 4) is 5.75 Å². The highest BCUT2D eigenvalue weighted by molar-refractivity contribution is 5.85. The van der Waals surface area contributed by atoms with Gasteiger partial charge in [-0.05, 0) is 6.07 Å². The van der Waals surface area contributed by atoms with Crippen LogP contribution in [0.15, 0.2) is 18.2 Å². The highest BCUT2D eigenvalue weighted by Gasteiger charge is 2.62. The lowest BCUT2D eigenvalue weighted by Crippen LogP contribution is -2.45. The molecule has 1 rings (SSSR count). The number of hydrogen-bond donors (Lipinski definition) is 1.